The molecule has 0 amide bonds. The van der Waals surface area contributed by atoms with E-state index in [0.717, 1.165) is 0 Å². The van der Waals surface area contributed by atoms with Gasteiger partial charge in [0.1, 0.15) is 6.10 Å². The highest BCUT2D eigenvalue weighted by molar-refractivity contribution is 5.93. The summed E-state index contributed by atoms with van der Waals surface area (Å²) in [6.45, 7) is 0. The third-order valence-electron chi connectivity index (χ3n) is 2.20. The van der Waals surface area contributed by atoms with E-state index in [0.29, 0.717) is 5.69 Å². The van der Waals surface area contributed by atoms with Gasteiger partial charge in [0.2, 0.25) is 5.78 Å². The maximum atomic E-state index is 11.6. The molecule has 1 atom stereocenters. The lowest BCUT2D eigenvalue weighted by Gasteiger charge is -2.07. The van der Waals surface area contributed by atoms with E-state index < -0.39 is 6.10 Å². The van der Waals surface area contributed by atoms with Crippen molar-refractivity contribution < 1.29 is 14.3 Å². The Hall–Kier alpha value is -1.94. The summed E-state index contributed by atoms with van der Waals surface area (Å²) in [5.74, 6) is 0.0261. The molecule has 2 aromatic rings. The molecule has 2 rings (SSSR count). The highest BCUT2D eigenvalue weighted by Crippen LogP contribution is 2.16. The topological polar surface area (TPSA) is 63.3 Å². The van der Waals surface area contributed by atoms with Crippen LogP contribution in [-0.2, 0) is 0 Å². The molecule has 2 aromatic heterocycles. The Morgan fingerprint density at radius 2 is 2.25 bits per heavy atom. The van der Waals surface area contributed by atoms with Crippen molar-refractivity contribution in [2.45, 2.75) is 12.5 Å². The lowest BCUT2D eigenvalue weighted by Crippen LogP contribution is -2.07. The molecule has 0 aromatic carbocycles. The minimum Gasteiger partial charge on any atom is -0.461 e. The van der Waals surface area contributed by atoms with Crippen LogP contribution in [0.2, 0.25) is 0 Å². The molecular formula is C12H11NO3. The number of carbonyl (C=O) groups excluding carboxylic acids is 1. The number of Topliss-reactive ketones (excluding diaryl/α,β-unsaturated/α-hetero) is 1. The van der Waals surface area contributed by atoms with Crippen LogP contribution in [0.3, 0.4) is 0 Å². The first-order valence-corrected chi connectivity index (χ1v) is 4.93. The van der Waals surface area contributed by atoms with Crippen LogP contribution in [0.4, 0.5) is 0 Å². The van der Waals surface area contributed by atoms with Gasteiger partial charge in [0.25, 0.3) is 0 Å². The van der Waals surface area contributed by atoms with E-state index in [9.17, 15) is 9.90 Å². The van der Waals surface area contributed by atoms with Crippen molar-refractivity contribution in [2.24, 2.45) is 0 Å². The molecule has 0 bridgehead atoms. The molecule has 4 nitrogen and oxygen atoms in total. The van der Waals surface area contributed by atoms with Crippen LogP contribution < -0.4 is 0 Å². The van der Waals surface area contributed by atoms with Gasteiger partial charge in [-0.25, -0.2) is 0 Å². The number of nitrogens with zero attached hydrogens (tertiary/aromatic N) is 1. The second-order valence-corrected chi connectivity index (χ2v) is 3.38. The van der Waals surface area contributed by atoms with Crippen LogP contribution in [0.1, 0.15) is 28.8 Å². The first-order valence-electron chi connectivity index (χ1n) is 4.93. The quantitative estimate of drug-likeness (QED) is 0.795. The summed E-state index contributed by atoms with van der Waals surface area (Å²) in [6, 6.07) is 8.42. The number of aromatic nitrogens is 1. The zero-order valence-corrected chi connectivity index (χ0v) is 8.54. The number of pyridine rings is 1. The normalized spacial score (nSPS) is 12.3. The second kappa shape index (κ2) is 4.72. The Kier molecular flexibility index (Phi) is 3.12. The van der Waals surface area contributed by atoms with E-state index in [1.54, 1.807) is 36.5 Å². The lowest BCUT2D eigenvalue weighted by atomic mass is 10.1. The maximum Gasteiger partial charge on any atom is 0.200 e. The Balaban J connectivity index is 2.03. The lowest BCUT2D eigenvalue weighted by molar-refractivity contribution is 0.0847. The third kappa shape index (κ3) is 2.35. The smallest absolute Gasteiger partial charge is 0.200 e. The Morgan fingerprint density at radius 3 is 2.88 bits per heavy atom. The highest BCUT2D eigenvalue weighted by atomic mass is 16.3. The van der Waals surface area contributed by atoms with Crippen molar-refractivity contribution >= 4 is 5.78 Å². The molecule has 0 aliphatic heterocycles. The Bertz CT molecular complexity index is 450. The predicted molar refractivity (Wildman–Crippen MR) is 56.9 cm³/mol. The standard InChI is InChI=1S/C12H11NO3/c14-10(9-4-1-2-6-13-9)8-11(15)12-5-3-7-16-12/h1-7,10,14H,8H2. The number of aliphatic hydroxyl groups excluding tert-OH is 1. The van der Waals surface area contributed by atoms with Crippen molar-refractivity contribution in [3.63, 3.8) is 0 Å². The summed E-state index contributed by atoms with van der Waals surface area (Å²) in [5, 5.41) is 9.76. The fraction of sp³-hybridized carbons (Fsp3) is 0.167. The van der Waals surface area contributed by atoms with Gasteiger partial charge in [-0.05, 0) is 24.3 Å². The number of hydrogen-bond donors (Lipinski definition) is 1. The largest absolute Gasteiger partial charge is 0.461 e. The van der Waals surface area contributed by atoms with Gasteiger partial charge in [-0.3, -0.25) is 9.78 Å². The zero-order chi connectivity index (χ0) is 11.4. The van der Waals surface area contributed by atoms with E-state index >= 15 is 0 Å². The molecule has 2 heterocycles. The second-order valence-electron chi connectivity index (χ2n) is 3.38. The Morgan fingerprint density at radius 1 is 1.38 bits per heavy atom. The van der Waals surface area contributed by atoms with Gasteiger partial charge >= 0.3 is 0 Å². The molecular weight excluding hydrogens is 206 g/mol. The maximum absolute atomic E-state index is 11.6. The molecule has 4 heteroatoms. The number of rotatable bonds is 4. The van der Waals surface area contributed by atoms with Crippen molar-refractivity contribution in [2.75, 3.05) is 0 Å². The summed E-state index contributed by atoms with van der Waals surface area (Å²) < 4.78 is 4.95. The van der Waals surface area contributed by atoms with Crippen molar-refractivity contribution in [3.05, 3.63) is 54.2 Å². The molecule has 0 saturated carbocycles. The minimum atomic E-state index is -0.890. The van der Waals surface area contributed by atoms with Gasteiger partial charge < -0.3 is 9.52 Å². The van der Waals surface area contributed by atoms with Gasteiger partial charge in [0, 0.05) is 12.6 Å². The molecule has 0 spiro atoms. The number of carbonyl (C=O) groups is 1. The van der Waals surface area contributed by atoms with Crippen LogP contribution in [0.15, 0.2) is 47.2 Å². The molecule has 0 fully saturated rings. The molecule has 0 saturated heterocycles. The number of ketones is 1. The van der Waals surface area contributed by atoms with Crippen molar-refractivity contribution in [1.29, 1.82) is 0 Å². The molecule has 0 aliphatic carbocycles. The monoisotopic (exact) mass is 217 g/mol. The average molecular weight is 217 g/mol. The van der Waals surface area contributed by atoms with E-state index in [4.69, 9.17) is 4.42 Å². The Labute approximate surface area is 92.6 Å². The molecule has 16 heavy (non-hydrogen) atoms. The number of aliphatic hydroxyl groups is 1. The van der Waals surface area contributed by atoms with E-state index in [-0.39, 0.29) is 18.0 Å². The van der Waals surface area contributed by atoms with E-state index in [1.165, 1.54) is 6.26 Å². The first kappa shape index (κ1) is 10.6. The molecule has 1 unspecified atom stereocenters. The zero-order valence-electron chi connectivity index (χ0n) is 8.54. The molecule has 0 radical (unpaired) electrons. The van der Waals surface area contributed by atoms with Gasteiger partial charge in [-0.15, -0.1) is 0 Å². The third-order valence-corrected chi connectivity index (χ3v) is 2.20. The molecule has 1 N–H and O–H groups in total. The summed E-state index contributed by atoms with van der Waals surface area (Å²) >= 11 is 0. The van der Waals surface area contributed by atoms with E-state index in [1.807, 2.05) is 0 Å². The highest BCUT2D eigenvalue weighted by Gasteiger charge is 2.16. The van der Waals surface area contributed by atoms with Gasteiger partial charge in [-0.1, -0.05) is 6.07 Å². The summed E-state index contributed by atoms with van der Waals surface area (Å²) in [6.07, 6.45) is 2.10. The van der Waals surface area contributed by atoms with Gasteiger partial charge in [0.15, 0.2) is 5.76 Å². The van der Waals surface area contributed by atoms with Crippen LogP contribution >= 0.6 is 0 Å². The summed E-state index contributed by atoms with van der Waals surface area (Å²) in [4.78, 5) is 15.6. The molecule has 82 valence electrons. The van der Waals surface area contributed by atoms with Crippen LogP contribution in [0, 0.1) is 0 Å². The SMILES string of the molecule is O=C(CC(O)c1ccccn1)c1ccco1. The average Bonchev–Trinajstić information content (AvgIpc) is 2.83. The summed E-state index contributed by atoms with van der Waals surface area (Å²) in [5.41, 5.74) is 0.488. The van der Waals surface area contributed by atoms with Gasteiger partial charge in [-0.2, -0.15) is 0 Å². The predicted octanol–water partition coefficient (Wildman–Crippen LogP) is 1.98. The minimum absolute atomic E-state index is 0.0233. The summed E-state index contributed by atoms with van der Waals surface area (Å²) in [7, 11) is 0. The fourth-order valence-electron chi connectivity index (χ4n) is 1.39. The first-order chi connectivity index (χ1) is 7.77. The van der Waals surface area contributed by atoms with Crippen LogP contribution in [0.5, 0.6) is 0 Å². The van der Waals surface area contributed by atoms with Crippen LogP contribution in [0.25, 0.3) is 0 Å². The van der Waals surface area contributed by atoms with Crippen molar-refractivity contribution in [3.8, 4) is 0 Å². The van der Waals surface area contributed by atoms with Crippen molar-refractivity contribution in [1.82, 2.24) is 4.98 Å². The molecule has 0 aliphatic rings. The number of hydrogen-bond acceptors (Lipinski definition) is 4. The van der Waals surface area contributed by atoms with Gasteiger partial charge in [0.05, 0.1) is 12.0 Å². The van der Waals surface area contributed by atoms with E-state index in [2.05, 4.69) is 4.98 Å². The number of furan rings is 1. The fourth-order valence-corrected chi connectivity index (χ4v) is 1.39. The van der Waals surface area contributed by atoms with Crippen LogP contribution in [-0.4, -0.2) is 15.9 Å².